The molecule has 0 radical (unpaired) electrons. The number of nitrogens with one attached hydrogen (secondary N) is 3. The smallest absolute Gasteiger partial charge is 0.319 e. The fraction of sp³-hybridized carbons (Fsp3) is 0.375. The highest BCUT2D eigenvalue weighted by molar-refractivity contribution is 6.09. The van der Waals surface area contributed by atoms with Crippen molar-refractivity contribution >= 4 is 35.3 Å². The van der Waals surface area contributed by atoms with Crippen LogP contribution in [-0.2, 0) is 14.4 Å². The van der Waals surface area contributed by atoms with E-state index in [1.807, 2.05) is 44.2 Å². The van der Waals surface area contributed by atoms with Crippen molar-refractivity contribution in [2.75, 3.05) is 11.9 Å². The molecule has 0 bridgehead atoms. The molecule has 9 heteroatoms. The molecule has 1 aromatic carbocycles. The quantitative estimate of drug-likeness (QED) is 0.609. The van der Waals surface area contributed by atoms with E-state index in [4.69, 9.17) is 0 Å². The molecule has 2 heterocycles. The Bertz CT molecular complexity index is 1120. The van der Waals surface area contributed by atoms with Crippen LogP contribution in [0, 0.1) is 19.8 Å². The topological polar surface area (TPSA) is 120 Å². The maximum Gasteiger partial charge on any atom is 0.319 e. The van der Waals surface area contributed by atoms with Gasteiger partial charge in [-0.25, -0.2) is 4.79 Å². The van der Waals surface area contributed by atoms with Gasteiger partial charge in [0.2, 0.25) is 17.7 Å². The van der Waals surface area contributed by atoms with Gasteiger partial charge in [-0.05, 0) is 56.0 Å². The minimum Gasteiger partial charge on any atom is -0.334 e. The number of allylic oxidation sites excluding steroid dienone is 2. The van der Waals surface area contributed by atoms with Gasteiger partial charge in [0, 0.05) is 18.7 Å². The van der Waals surface area contributed by atoms with Crippen LogP contribution in [0.4, 0.5) is 10.5 Å². The normalized spacial score (nSPS) is 24.5. The summed E-state index contributed by atoms with van der Waals surface area (Å²) in [5.41, 5.74) is 3.60. The van der Waals surface area contributed by atoms with Gasteiger partial charge in [-0.1, -0.05) is 24.3 Å². The highest BCUT2D eigenvalue weighted by Crippen LogP contribution is 2.31. The molecule has 1 fully saturated rings. The standard InChI is InChI=1S/C24H27N5O4/c1-13-7-8-17(11-14(13)2)27-24(33)25-12-16-5-4-6-18-21(16)23(32)29(15(3)26-18)19-9-10-20(30)28-22(19)31/h4-8,11,18-19,21H,9-10,12H2,1-3H3,(H2,25,27,33)(H,28,30,31)/t18?,19?,21-/m1/s1. The van der Waals surface area contributed by atoms with Crippen LogP contribution in [0.5, 0.6) is 0 Å². The van der Waals surface area contributed by atoms with Gasteiger partial charge in [0.25, 0.3) is 0 Å². The highest BCUT2D eigenvalue weighted by atomic mass is 16.2. The van der Waals surface area contributed by atoms with Crippen molar-refractivity contribution in [1.82, 2.24) is 15.5 Å². The van der Waals surface area contributed by atoms with Gasteiger partial charge in [0.05, 0.1) is 12.0 Å². The average Bonchev–Trinajstić information content (AvgIpc) is 2.76. The molecule has 1 saturated heterocycles. The largest absolute Gasteiger partial charge is 0.334 e. The number of aliphatic imine (C=N–C) groups is 1. The van der Waals surface area contributed by atoms with E-state index in [9.17, 15) is 19.2 Å². The molecule has 1 aliphatic carbocycles. The molecule has 0 spiro atoms. The van der Waals surface area contributed by atoms with Gasteiger partial charge in [-0.15, -0.1) is 0 Å². The maximum atomic E-state index is 13.5. The monoisotopic (exact) mass is 449 g/mol. The number of carbonyl (C=O) groups is 4. The molecular weight excluding hydrogens is 422 g/mol. The number of hydrogen-bond acceptors (Lipinski definition) is 5. The van der Waals surface area contributed by atoms with Gasteiger partial charge < -0.3 is 10.6 Å². The second-order valence-electron chi connectivity index (χ2n) is 8.55. The Morgan fingerprint density at radius 1 is 1.18 bits per heavy atom. The van der Waals surface area contributed by atoms with Gasteiger partial charge in [0.15, 0.2) is 0 Å². The molecule has 4 rings (SSSR count). The minimum absolute atomic E-state index is 0.158. The summed E-state index contributed by atoms with van der Waals surface area (Å²) in [7, 11) is 0. The Balaban J connectivity index is 1.46. The molecular formula is C24H27N5O4. The van der Waals surface area contributed by atoms with Crippen LogP contribution >= 0.6 is 0 Å². The molecule has 9 nitrogen and oxygen atoms in total. The Morgan fingerprint density at radius 2 is 1.97 bits per heavy atom. The number of carbonyl (C=O) groups excluding carboxylic acids is 4. The van der Waals surface area contributed by atoms with Crippen LogP contribution in [0.1, 0.15) is 30.9 Å². The molecule has 0 aromatic heterocycles. The lowest BCUT2D eigenvalue weighted by molar-refractivity contribution is -0.144. The van der Waals surface area contributed by atoms with E-state index in [2.05, 4.69) is 20.9 Å². The van der Waals surface area contributed by atoms with Gasteiger partial charge in [0.1, 0.15) is 11.9 Å². The van der Waals surface area contributed by atoms with E-state index in [1.54, 1.807) is 13.0 Å². The van der Waals surface area contributed by atoms with Crippen molar-refractivity contribution in [3.8, 4) is 0 Å². The first kappa shape index (κ1) is 22.4. The molecule has 172 valence electrons. The number of rotatable bonds is 4. The van der Waals surface area contributed by atoms with Crippen molar-refractivity contribution < 1.29 is 19.2 Å². The summed E-state index contributed by atoms with van der Waals surface area (Å²) >= 11 is 0. The van der Waals surface area contributed by atoms with Crippen LogP contribution in [0.25, 0.3) is 0 Å². The molecule has 1 aromatic rings. The van der Waals surface area contributed by atoms with E-state index < -0.39 is 23.9 Å². The zero-order valence-electron chi connectivity index (χ0n) is 18.8. The van der Waals surface area contributed by atoms with Crippen LogP contribution in [-0.4, -0.2) is 53.1 Å². The number of benzene rings is 1. The molecule has 5 amide bonds. The number of fused-ring (bicyclic) bond motifs is 1. The Hall–Kier alpha value is -3.75. The number of urea groups is 1. The zero-order valence-corrected chi connectivity index (χ0v) is 18.8. The summed E-state index contributed by atoms with van der Waals surface area (Å²) < 4.78 is 0. The second-order valence-corrected chi connectivity index (χ2v) is 8.55. The van der Waals surface area contributed by atoms with E-state index in [0.29, 0.717) is 17.1 Å². The van der Waals surface area contributed by atoms with E-state index in [1.165, 1.54) is 4.90 Å². The zero-order chi connectivity index (χ0) is 23.7. The van der Waals surface area contributed by atoms with E-state index >= 15 is 0 Å². The number of anilines is 1. The average molecular weight is 450 g/mol. The fourth-order valence-electron chi connectivity index (χ4n) is 4.39. The van der Waals surface area contributed by atoms with Crippen LogP contribution < -0.4 is 16.0 Å². The van der Waals surface area contributed by atoms with E-state index in [-0.39, 0.29) is 37.2 Å². The van der Waals surface area contributed by atoms with E-state index in [0.717, 1.165) is 11.1 Å². The molecule has 3 aliphatic rings. The molecule has 33 heavy (non-hydrogen) atoms. The number of imide groups is 1. The van der Waals surface area contributed by atoms with Crippen LogP contribution in [0.15, 0.2) is 47.0 Å². The van der Waals surface area contributed by atoms with Crippen molar-refractivity contribution in [3.63, 3.8) is 0 Å². The lowest BCUT2D eigenvalue weighted by Crippen LogP contribution is -2.60. The first-order valence-electron chi connectivity index (χ1n) is 10.9. The van der Waals surface area contributed by atoms with Gasteiger partial charge >= 0.3 is 6.03 Å². The molecule has 2 aliphatic heterocycles. The lowest BCUT2D eigenvalue weighted by Gasteiger charge is -2.41. The van der Waals surface area contributed by atoms with Crippen molar-refractivity contribution in [2.24, 2.45) is 10.9 Å². The van der Waals surface area contributed by atoms with Gasteiger partial charge in [-0.2, -0.15) is 0 Å². The summed E-state index contributed by atoms with van der Waals surface area (Å²) in [5, 5.41) is 7.92. The number of amidine groups is 1. The Labute approximate surface area is 192 Å². The molecule has 2 unspecified atom stereocenters. The number of aryl methyl sites for hydroxylation is 2. The van der Waals surface area contributed by atoms with Crippen molar-refractivity contribution in [1.29, 1.82) is 0 Å². The maximum absolute atomic E-state index is 13.5. The van der Waals surface area contributed by atoms with Crippen molar-refractivity contribution in [3.05, 3.63) is 53.1 Å². The van der Waals surface area contributed by atoms with Crippen molar-refractivity contribution in [2.45, 2.75) is 45.7 Å². The number of nitrogens with zero attached hydrogens (tertiary/aromatic N) is 2. The number of hydrogen-bond donors (Lipinski definition) is 3. The fourth-order valence-corrected chi connectivity index (χ4v) is 4.39. The van der Waals surface area contributed by atoms with Crippen LogP contribution in [0.2, 0.25) is 0 Å². The Morgan fingerprint density at radius 3 is 2.70 bits per heavy atom. The summed E-state index contributed by atoms with van der Waals surface area (Å²) in [6.07, 6.45) is 5.89. The summed E-state index contributed by atoms with van der Waals surface area (Å²) in [6.45, 7) is 5.83. The first-order chi connectivity index (χ1) is 15.7. The predicted octanol–water partition coefficient (Wildman–Crippen LogP) is 1.97. The third kappa shape index (κ3) is 4.57. The predicted molar refractivity (Wildman–Crippen MR) is 124 cm³/mol. The van der Waals surface area contributed by atoms with Gasteiger partial charge in [-0.3, -0.25) is 29.6 Å². The number of amides is 5. The third-order valence-electron chi connectivity index (χ3n) is 6.29. The molecule has 3 atom stereocenters. The lowest BCUT2D eigenvalue weighted by atomic mass is 9.84. The molecule has 3 N–H and O–H groups in total. The SMILES string of the molecule is CC1=NC2C=CC=C(CNC(=O)Nc3ccc(C)c(C)c3)[C@H]2C(=O)N1C1CCC(=O)NC1=O. The van der Waals surface area contributed by atoms with Crippen LogP contribution in [0.3, 0.4) is 0 Å². The highest BCUT2D eigenvalue weighted by Gasteiger charge is 2.44. The third-order valence-corrected chi connectivity index (χ3v) is 6.29. The Kier molecular flexibility index (Phi) is 6.13. The summed E-state index contributed by atoms with van der Waals surface area (Å²) in [6, 6.07) is 4.12. The summed E-state index contributed by atoms with van der Waals surface area (Å²) in [5.74, 6) is -1.26. The first-order valence-corrected chi connectivity index (χ1v) is 10.9. The number of piperidine rings is 1. The minimum atomic E-state index is -0.770. The molecule has 0 saturated carbocycles. The summed E-state index contributed by atoms with van der Waals surface area (Å²) in [4.78, 5) is 55.9. The second kappa shape index (κ2) is 9.01.